The molecule has 0 radical (unpaired) electrons. The van der Waals surface area contributed by atoms with E-state index in [0.29, 0.717) is 23.6 Å². The van der Waals surface area contributed by atoms with Gasteiger partial charge < -0.3 is 19.3 Å². The number of aliphatic hydroxyl groups is 1. The summed E-state index contributed by atoms with van der Waals surface area (Å²) in [7, 11) is 0. The quantitative estimate of drug-likeness (QED) is 0.148. The molecule has 0 amide bonds. The van der Waals surface area contributed by atoms with Gasteiger partial charge in [-0.25, -0.2) is 0 Å². The van der Waals surface area contributed by atoms with E-state index >= 15 is 0 Å². The number of benzene rings is 4. The van der Waals surface area contributed by atoms with Crippen molar-refractivity contribution in [1.82, 2.24) is 0 Å². The van der Waals surface area contributed by atoms with Crippen LogP contribution in [-0.2, 0) is 33.9 Å². The molecule has 0 aromatic heterocycles. The van der Waals surface area contributed by atoms with Gasteiger partial charge in [0.1, 0.15) is 18.5 Å². The Morgan fingerprint density at radius 3 is 2.00 bits per heavy atom. The average molecular weight is 587 g/mol. The molecule has 218 valence electrons. The maximum atomic E-state index is 13.6. The third kappa shape index (κ3) is 9.10. The number of ketones is 2. The maximum absolute atomic E-state index is 13.6. The van der Waals surface area contributed by atoms with Gasteiger partial charge in [0.15, 0.2) is 11.6 Å². The summed E-state index contributed by atoms with van der Waals surface area (Å²) in [5, 5.41) is 10.3. The fourth-order valence-corrected chi connectivity index (χ4v) is 4.75. The second-order valence-corrected chi connectivity index (χ2v) is 10.3. The molecule has 42 heavy (non-hydrogen) atoms. The van der Waals surface area contributed by atoms with Crippen LogP contribution in [0.1, 0.15) is 46.0 Å². The summed E-state index contributed by atoms with van der Waals surface area (Å²) in [6.07, 6.45) is -1.65. The first-order chi connectivity index (χ1) is 20.5. The molecule has 6 nitrogen and oxygen atoms in total. The molecule has 0 bridgehead atoms. The number of hydrogen-bond donors (Lipinski definition) is 1. The highest BCUT2D eigenvalue weighted by molar-refractivity contribution is 6.31. The average Bonchev–Trinajstić information content (AvgIpc) is 3.02. The summed E-state index contributed by atoms with van der Waals surface area (Å²) in [5.74, 6) is 0.0140. The normalized spacial score (nSPS) is 12.5. The van der Waals surface area contributed by atoms with Gasteiger partial charge in [0.2, 0.25) is 0 Å². The number of hydrogen-bond acceptors (Lipinski definition) is 6. The first-order valence-electron chi connectivity index (χ1n) is 13.9. The lowest BCUT2D eigenvalue weighted by molar-refractivity contribution is -0.147. The molecular weight excluding hydrogens is 552 g/mol. The summed E-state index contributed by atoms with van der Waals surface area (Å²) in [6, 6.07) is 31.8. The molecule has 4 aromatic carbocycles. The predicted octanol–water partition coefficient (Wildman–Crippen LogP) is 6.63. The molecule has 0 fully saturated rings. The Bertz CT molecular complexity index is 1420. The highest BCUT2D eigenvalue weighted by atomic mass is 35.5. The van der Waals surface area contributed by atoms with Crippen LogP contribution in [0.4, 0.5) is 0 Å². The summed E-state index contributed by atoms with van der Waals surface area (Å²) in [5.41, 5.74) is 4.02. The zero-order valence-electron chi connectivity index (χ0n) is 23.6. The standard InChI is InChI=1S/C35H35ClO6/c1-2-40-30-16-13-25(14-17-30)19-29-20-28(15-18-31(29)36)32(38)21-34(41-23-26-9-5-3-6-10-26)35(33(39)22-37)42-24-27-11-7-4-8-12-27/h3-18,20,34-35,37H,2,19,21-24H2,1H3/t34?,35-/m1/s1. The Kier molecular flexibility index (Phi) is 11.9. The fraction of sp³-hybridized carbons (Fsp3) is 0.257. The third-order valence-corrected chi connectivity index (χ3v) is 7.14. The van der Waals surface area contributed by atoms with Crippen molar-refractivity contribution in [2.45, 2.75) is 45.2 Å². The van der Waals surface area contributed by atoms with Gasteiger partial charge in [-0.15, -0.1) is 0 Å². The first-order valence-corrected chi connectivity index (χ1v) is 14.3. The minimum atomic E-state index is -1.14. The fourth-order valence-electron chi connectivity index (χ4n) is 4.56. The number of carbonyl (C=O) groups is 2. The van der Waals surface area contributed by atoms with Crippen LogP contribution in [0.2, 0.25) is 5.02 Å². The number of Topliss-reactive ketones (excluding diaryl/α,β-unsaturated/α-hetero) is 2. The molecule has 1 N–H and O–H groups in total. The van der Waals surface area contributed by atoms with E-state index in [9.17, 15) is 14.7 Å². The van der Waals surface area contributed by atoms with Crippen LogP contribution in [0.5, 0.6) is 5.75 Å². The molecule has 0 spiro atoms. The van der Waals surface area contributed by atoms with Crippen molar-refractivity contribution in [3.63, 3.8) is 0 Å². The molecule has 1 unspecified atom stereocenters. The number of halogens is 1. The summed E-state index contributed by atoms with van der Waals surface area (Å²) >= 11 is 6.51. The van der Waals surface area contributed by atoms with Gasteiger partial charge >= 0.3 is 0 Å². The van der Waals surface area contributed by atoms with E-state index in [-0.39, 0.29) is 25.4 Å². The molecule has 0 saturated carbocycles. The Morgan fingerprint density at radius 1 is 0.786 bits per heavy atom. The van der Waals surface area contributed by atoms with Crippen LogP contribution >= 0.6 is 11.6 Å². The summed E-state index contributed by atoms with van der Waals surface area (Å²) in [4.78, 5) is 26.5. The summed E-state index contributed by atoms with van der Waals surface area (Å²) < 4.78 is 17.7. The van der Waals surface area contributed by atoms with Gasteiger partial charge in [0.05, 0.1) is 25.9 Å². The Morgan fingerprint density at radius 2 is 1.40 bits per heavy atom. The van der Waals surface area contributed by atoms with Gasteiger partial charge in [0.25, 0.3) is 0 Å². The van der Waals surface area contributed by atoms with E-state index in [2.05, 4.69) is 0 Å². The van der Waals surface area contributed by atoms with Crippen LogP contribution < -0.4 is 4.74 Å². The minimum absolute atomic E-state index is 0.123. The van der Waals surface area contributed by atoms with Crippen molar-refractivity contribution in [3.8, 4) is 5.75 Å². The highest BCUT2D eigenvalue weighted by Gasteiger charge is 2.32. The van der Waals surface area contributed by atoms with Crippen LogP contribution in [-0.4, -0.2) is 42.1 Å². The van der Waals surface area contributed by atoms with Crippen molar-refractivity contribution in [3.05, 3.63) is 136 Å². The van der Waals surface area contributed by atoms with Crippen LogP contribution in [0.3, 0.4) is 0 Å². The van der Waals surface area contributed by atoms with Crippen molar-refractivity contribution in [1.29, 1.82) is 0 Å². The number of carbonyl (C=O) groups excluding carboxylic acids is 2. The van der Waals surface area contributed by atoms with E-state index in [1.807, 2.05) is 91.9 Å². The van der Waals surface area contributed by atoms with Crippen molar-refractivity contribution >= 4 is 23.2 Å². The third-order valence-electron chi connectivity index (χ3n) is 6.77. The lowest BCUT2D eigenvalue weighted by atomic mass is 9.96. The molecule has 2 atom stereocenters. The molecule has 0 aliphatic heterocycles. The molecular formula is C35H35ClO6. The largest absolute Gasteiger partial charge is 0.494 e. The Balaban J connectivity index is 1.54. The zero-order valence-corrected chi connectivity index (χ0v) is 24.3. The molecule has 0 heterocycles. The van der Waals surface area contributed by atoms with Crippen LogP contribution in [0, 0.1) is 0 Å². The van der Waals surface area contributed by atoms with E-state index in [1.165, 1.54) is 0 Å². The molecule has 4 aromatic rings. The number of aliphatic hydroxyl groups excluding tert-OH is 1. The van der Waals surface area contributed by atoms with Crippen LogP contribution in [0.25, 0.3) is 0 Å². The van der Waals surface area contributed by atoms with E-state index in [4.69, 9.17) is 25.8 Å². The Labute approximate surface area is 251 Å². The smallest absolute Gasteiger partial charge is 0.189 e. The second kappa shape index (κ2) is 16.0. The second-order valence-electron chi connectivity index (χ2n) is 9.86. The predicted molar refractivity (Wildman–Crippen MR) is 163 cm³/mol. The van der Waals surface area contributed by atoms with E-state index < -0.39 is 24.6 Å². The molecule has 0 aliphatic rings. The highest BCUT2D eigenvalue weighted by Crippen LogP contribution is 2.25. The van der Waals surface area contributed by atoms with E-state index in [1.54, 1.807) is 18.2 Å². The van der Waals surface area contributed by atoms with E-state index in [0.717, 1.165) is 28.0 Å². The molecule has 0 saturated heterocycles. The van der Waals surface area contributed by atoms with Crippen molar-refractivity contribution in [2.75, 3.05) is 13.2 Å². The lowest BCUT2D eigenvalue weighted by Crippen LogP contribution is -2.41. The molecule has 4 rings (SSSR count). The topological polar surface area (TPSA) is 82.1 Å². The maximum Gasteiger partial charge on any atom is 0.189 e. The number of rotatable bonds is 16. The SMILES string of the molecule is CCOc1ccc(Cc2cc(C(=O)CC(OCc3ccccc3)[C@H](OCc3ccccc3)C(=O)CO)ccc2Cl)cc1. The minimum Gasteiger partial charge on any atom is -0.494 e. The van der Waals surface area contributed by atoms with Gasteiger partial charge in [-0.2, -0.15) is 0 Å². The van der Waals surface area contributed by atoms with Gasteiger partial charge in [-0.1, -0.05) is 84.4 Å². The lowest BCUT2D eigenvalue weighted by Gasteiger charge is -2.26. The van der Waals surface area contributed by atoms with Gasteiger partial charge in [-0.05, 0) is 65.9 Å². The van der Waals surface area contributed by atoms with Crippen molar-refractivity contribution in [2.24, 2.45) is 0 Å². The van der Waals surface area contributed by atoms with Gasteiger partial charge in [0, 0.05) is 17.0 Å². The zero-order chi connectivity index (χ0) is 29.7. The number of ether oxygens (including phenoxy) is 3. The molecule has 7 heteroatoms. The van der Waals surface area contributed by atoms with Crippen LogP contribution in [0.15, 0.2) is 103 Å². The monoisotopic (exact) mass is 586 g/mol. The summed E-state index contributed by atoms with van der Waals surface area (Å²) in [6.45, 7) is 2.10. The first kappa shape index (κ1) is 31.1. The Hall–Kier alpha value is -3.81. The molecule has 0 aliphatic carbocycles. The van der Waals surface area contributed by atoms with Crippen molar-refractivity contribution < 1.29 is 28.9 Å². The van der Waals surface area contributed by atoms with Gasteiger partial charge in [-0.3, -0.25) is 9.59 Å².